The Morgan fingerprint density at radius 3 is 2.34 bits per heavy atom. The summed E-state index contributed by atoms with van der Waals surface area (Å²) in [6.45, 7) is 5.64. The highest BCUT2D eigenvalue weighted by Gasteiger charge is 2.49. The Morgan fingerprint density at radius 2 is 1.71 bits per heavy atom. The molecule has 8 heteroatoms. The van der Waals surface area contributed by atoms with Gasteiger partial charge in [0.05, 0.1) is 25.9 Å². The van der Waals surface area contributed by atoms with Crippen LogP contribution < -0.4 is 10.1 Å². The lowest BCUT2D eigenvalue weighted by Gasteiger charge is -2.39. The molecule has 0 saturated heterocycles. The lowest BCUT2D eigenvalue weighted by atomic mass is 9.67. The molecule has 0 fully saturated rings. The maximum atomic E-state index is 14.4. The number of carbonyl (C=O) groups excluding carboxylic acids is 3. The van der Waals surface area contributed by atoms with E-state index in [4.69, 9.17) is 14.2 Å². The highest BCUT2D eigenvalue weighted by molar-refractivity contribution is 7.98. The number of nitrogens with one attached hydrogen (secondary N) is 1. The summed E-state index contributed by atoms with van der Waals surface area (Å²) in [4.78, 5) is 42.0. The van der Waals surface area contributed by atoms with Crippen LogP contribution in [0.3, 0.4) is 0 Å². The van der Waals surface area contributed by atoms with Crippen LogP contribution in [0.5, 0.6) is 5.75 Å². The Kier molecular flexibility index (Phi) is 8.62. The van der Waals surface area contributed by atoms with Gasteiger partial charge >= 0.3 is 11.9 Å². The second-order valence-corrected chi connectivity index (χ2v) is 10.0. The van der Waals surface area contributed by atoms with Crippen molar-refractivity contribution in [2.45, 2.75) is 43.9 Å². The van der Waals surface area contributed by atoms with Gasteiger partial charge in [-0.2, -0.15) is 0 Å². The molecule has 0 bridgehead atoms. The van der Waals surface area contributed by atoms with Crippen LogP contribution in [0.15, 0.2) is 76.0 Å². The van der Waals surface area contributed by atoms with E-state index in [0.29, 0.717) is 34.7 Å². The molecule has 2 aromatic rings. The molecule has 7 nitrogen and oxygen atoms in total. The van der Waals surface area contributed by atoms with E-state index in [1.807, 2.05) is 61.7 Å². The third kappa shape index (κ3) is 5.10. The maximum Gasteiger partial charge on any atom is 0.336 e. The molecule has 1 aliphatic carbocycles. The molecule has 0 saturated carbocycles. The van der Waals surface area contributed by atoms with Gasteiger partial charge < -0.3 is 19.5 Å². The van der Waals surface area contributed by atoms with Gasteiger partial charge in [-0.3, -0.25) is 9.59 Å². The fourth-order valence-corrected chi connectivity index (χ4v) is 5.82. The van der Waals surface area contributed by atoms with Crippen molar-refractivity contribution in [3.05, 3.63) is 82.2 Å². The largest absolute Gasteiger partial charge is 0.496 e. The number of methoxy groups -OCH3 is 1. The summed E-state index contributed by atoms with van der Waals surface area (Å²) >= 11 is 1.61. The standard InChI is InChI=1S/C30H33NO6S/c1-6-36-29(33)24-17(3)31-22-16-21(20-10-8-9-11-23(20)35-4)26(30(34)37-7-2)28(32)27(22)25(24)18-12-14-19(38-5)15-13-18/h8-15,21,25-26,31H,6-7,16H2,1-5H3/t21-,25-,26+/m1/s1. The Balaban J connectivity index is 1.91. The molecule has 0 unspecified atom stereocenters. The SMILES string of the molecule is CCOC(=O)C1=C(C)NC2=C(C(=O)[C@@H](C(=O)OCC)[C@@H](c3ccccc3OC)C2)[C@@H]1c1ccc(SC)cc1. The number of dihydropyridines is 1. The fraction of sp³-hybridized carbons (Fsp3) is 0.367. The second kappa shape index (κ2) is 11.9. The number of allylic oxidation sites excluding steroid dienone is 3. The van der Waals surface area contributed by atoms with Gasteiger partial charge in [-0.15, -0.1) is 11.8 Å². The number of thioether (sulfide) groups is 1. The average Bonchev–Trinajstić information content (AvgIpc) is 2.92. The average molecular weight is 536 g/mol. The van der Waals surface area contributed by atoms with Crippen molar-refractivity contribution in [1.82, 2.24) is 5.32 Å². The summed E-state index contributed by atoms with van der Waals surface area (Å²) in [7, 11) is 1.57. The quantitative estimate of drug-likeness (QED) is 0.283. The fourth-order valence-electron chi connectivity index (χ4n) is 5.41. The van der Waals surface area contributed by atoms with E-state index in [1.54, 1.807) is 32.7 Å². The Bertz CT molecular complexity index is 1300. The molecule has 2 aliphatic rings. The summed E-state index contributed by atoms with van der Waals surface area (Å²) in [5.41, 5.74) is 3.63. The first-order valence-electron chi connectivity index (χ1n) is 12.7. The minimum atomic E-state index is -1.08. The van der Waals surface area contributed by atoms with Crippen molar-refractivity contribution in [1.29, 1.82) is 0 Å². The molecule has 4 rings (SSSR count). The molecule has 200 valence electrons. The molecule has 0 spiro atoms. The molecule has 3 atom stereocenters. The van der Waals surface area contributed by atoms with Crippen LogP contribution in [0.2, 0.25) is 0 Å². The number of benzene rings is 2. The number of ether oxygens (including phenoxy) is 3. The van der Waals surface area contributed by atoms with Gasteiger partial charge in [0.25, 0.3) is 0 Å². The third-order valence-corrected chi connectivity index (χ3v) is 7.79. The molecule has 0 amide bonds. The van der Waals surface area contributed by atoms with E-state index in [0.717, 1.165) is 16.0 Å². The minimum Gasteiger partial charge on any atom is -0.496 e. The van der Waals surface area contributed by atoms with Crippen LogP contribution >= 0.6 is 11.8 Å². The highest BCUT2D eigenvalue weighted by atomic mass is 32.2. The molecular formula is C30H33NO6S. The number of ketones is 1. The number of para-hydroxylation sites is 1. The maximum absolute atomic E-state index is 14.4. The van der Waals surface area contributed by atoms with E-state index in [9.17, 15) is 14.4 Å². The number of hydrogen-bond acceptors (Lipinski definition) is 8. The van der Waals surface area contributed by atoms with Gasteiger partial charge in [-0.05, 0) is 62.8 Å². The number of hydrogen-bond donors (Lipinski definition) is 1. The Morgan fingerprint density at radius 1 is 1.03 bits per heavy atom. The van der Waals surface area contributed by atoms with Gasteiger partial charge in [-0.1, -0.05) is 30.3 Å². The summed E-state index contributed by atoms with van der Waals surface area (Å²) in [5, 5.41) is 3.33. The van der Waals surface area contributed by atoms with Crippen LogP contribution in [-0.2, 0) is 23.9 Å². The molecule has 1 aliphatic heterocycles. The van der Waals surface area contributed by atoms with Gasteiger partial charge in [0, 0.05) is 33.7 Å². The van der Waals surface area contributed by atoms with Gasteiger partial charge in [0.1, 0.15) is 11.7 Å². The molecule has 38 heavy (non-hydrogen) atoms. The first-order chi connectivity index (χ1) is 18.4. The van der Waals surface area contributed by atoms with Gasteiger partial charge in [-0.25, -0.2) is 4.79 Å². The number of esters is 2. The zero-order valence-electron chi connectivity index (χ0n) is 22.3. The molecule has 2 aromatic carbocycles. The van der Waals surface area contributed by atoms with E-state index in [-0.39, 0.29) is 19.0 Å². The first-order valence-corrected chi connectivity index (χ1v) is 13.9. The van der Waals surface area contributed by atoms with Crippen molar-refractivity contribution >= 4 is 29.5 Å². The van der Waals surface area contributed by atoms with Crippen LogP contribution in [0.25, 0.3) is 0 Å². The molecule has 1 heterocycles. The van der Waals surface area contributed by atoms with E-state index in [1.165, 1.54) is 0 Å². The molecule has 0 radical (unpaired) electrons. The van der Waals surface area contributed by atoms with Crippen molar-refractivity contribution in [2.75, 3.05) is 26.6 Å². The number of rotatable bonds is 8. The zero-order valence-corrected chi connectivity index (χ0v) is 23.1. The second-order valence-electron chi connectivity index (χ2n) is 9.13. The van der Waals surface area contributed by atoms with Gasteiger partial charge in [0.2, 0.25) is 0 Å². The first kappa shape index (κ1) is 27.5. The van der Waals surface area contributed by atoms with Crippen LogP contribution in [0.1, 0.15) is 50.2 Å². The van der Waals surface area contributed by atoms with E-state index >= 15 is 0 Å². The predicted molar refractivity (Wildman–Crippen MR) is 146 cm³/mol. The zero-order chi connectivity index (χ0) is 27.4. The topological polar surface area (TPSA) is 90.9 Å². The van der Waals surface area contributed by atoms with Crippen LogP contribution in [-0.4, -0.2) is 44.3 Å². The molecular weight excluding hydrogens is 502 g/mol. The highest BCUT2D eigenvalue weighted by Crippen LogP contribution is 2.49. The van der Waals surface area contributed by atoms with Crippen molar-refractivity contribution < 1.29 is 28.6 Å². The van der Waals surface area contributed by atoms with E-state index < -0.39 is 29.7 Å². The van der Waals surface area contributed by atoms with Crippen LogP contribution in [0.4, 0.5) is 0 Å². The Hall–Kier alpha value is -3.52. The summed E-state index contributed by atoms with van der Waals surface area (Å²) in [5.74, 6) is -3.09. The third-order valence-electron chi connectivity index (χ3n) is 7.04. The molecule has 1 N–H and O–H groups in total. The summed E-state index contributed by atoms with van der Waals surface area (Å²) < 4.78 is 16.4. The van der Waals surface area contributed by atoms with Crippen molar-refractivity contribution in [2.24, 2.45) is 5.92 Å². The number of carbonyl (C=O) groups is 3. The lowest BCUT2D eigenvalue weighted by Crippen LogP contribution is -2.43. The Labute approximate surface area is 227 Å². The molecule has 0 aromatic heterocycles. The minimum absolute atomic E-state index is 0.151. The summed E-state index contributed by atoms with van der Waals surface area (Å²) in [6.07, 6.45) is 2.36. The van der Waals surface area contributed by atoms with Crippen molar-refractivity contribution in [3.63, 3.8) is 0 Å². The lowest BCUT2D eigenvalue weighted by molar-refractivity contribution is -0.152. The predicted octanol–water partition coefficient (Wildman–Crippen LogP) is 5.13. The smallest absolute Gasteiger partial charge is 0.336 e. The normalized spacial score (nSPS) is 21.0. The number of Topliss-reactive ketones (excluding diaryl/α,β-unsaturated/α-hetero) is 1. The van der Waals surface area contributed by atoms with Crippen LogP contribution in [0, 0.1) is 5.92 Å². The summed E-state index contributed by atoms with van der Waals surface area (Å²) in [6, 6.07) is 15.2. The monoisotopic (exact) mass is 535 g/mol. The van der Waals surface area contributed by atoms with Crippen molar-refractivity contribution in [3.8, 4) is 5.75 Å². The van der Waals surface area contributed by atoms with Gasteiger partial charge in [0.15, 0.2) is 5.78 Å². The van der Waals surface area contributed by atoms with E-state index in [2.05, 4.69) is 5.32 Å².